The van der Waals surface area contributed by atoms with E-state index in [9.17, 15) is 14.3 Å². The van der Waals surface area contributed by atoms with E-state index >= 15 is 0 Å². The maximum Gasteiger partial charge on any atom is 0.229 e. The molecule has 0 saturated carbocycles. The van der Waals surface area contributed by atoms with Crippen LogP contribution in [0.15, 0.2) is 28.8 Å². The lowest BCUT2D eigenvalue weighted by atomic mass is 10.1. The van der Waals surface area contributed by atoms with Crippen LogP contribution in [0.1, 0.15) is 29.3 Å². The molecule has 1 aromatic carbocycles. The first-order valence-electron chi connectivity index (χ1n) is 6.77. The minimum Gasteiger partial charge on any atom is -0.394 e. The molecule has 0 aliphatic carbocycles. The van der Waals surface area contributed by atoms with Crippen molar-refractivity contribution in [3.63, 3.8) is 0 Å². The van der Waals surface area contributed by atoms with Gasteiger partial charge < -0.3 is 14.9 Å². The number of nitrogens with zero attached hydrogens (tertiary/aromatic N) is 1. The molecule has 0 radical (unpaired) electrons. The van der Waals surface area contributed by atoms with E-state index in [1.807, 2.05) is 0 Å². The maximum absolute atomic E-state index is 13.2. The van der Waals surface area contributed by atoms with Crippen LogP contribution in [0.3, 0.4) is 0 Å². The molecule has 0 bridgehead atoms. The van der Waals surface area contributed by atoms with E-state index in [1.54, 1.807) is 13.0 Å². The number of aliphatic hydroxyl groups is 1. The molecule has 0 fully saturated rings. The first-order chi connectivity index (χ1) is 10.5. The third-order valence-electron chi connectivity index (χ3n) is 3.31. The predicted molar refractivity (Wildman–Crippen MR) is 78.9 cm³/mol. The largest absolute Gasteiger partial charge is 0.394 e. The number of aromatic nitrogens is 1. The molecule has 2 aromatic rings. The Hall–Kier alpha value is -1.92. The smallest absolute Gasteiger partial charge is 0.229 e. The molecular formula is C15H16ClFN2O3. The van der Waals surface area contributed by atoms with Crippen molar-refractivity contribution in [3.8, 4) is 0 Å². The van der Waals surface area contributed by atoms with Crippen LogP contribution < -0.4 is 5.32 Å². The fourth-order valence-corrected chi connectivity index (χ4v) is 2.37. The number of amides is 1. The van der Waals surface area contributed by atoms with Crippen molar-refractivity contribution < 1.29 is 18.8 Å². The molecular weight excluding hydrogens is 311 g/mol. The summed E-state index contributed by atoms with van der Waals surface area (Å²) < 4.78 is 18.0. The van der Waals surface area contributed by atoms with Gasteiger partial charge in [-0.3, -0.25) is 4.79 Å². The standard InChI is InChI=1S/C15H16ClFN2O3/c1-9-12(15(16)22-19-9)5-6-14(21)18-13(8-20)10-3-2-4-11(17)7-10/h2-4,7,13,20H,5-6,8H2,1H3,(H,18,21). The van der Waals surface area contributed by atoms with Gasteiger partial charge in [0.2, 0.25) is 11.1 Å². The van der Waals surface area contributed by atoms with Gasteiger partial charge in [-0.2, -0.15) is 0 Å². The van der Waals surface area contributed by atoms with Gasteiger partial charge in [0.05, 0.1) is 18.3 Å². The van der Waals surface area contributed by atoms with Gasteiger partial charge in [-0.1, -0.05) is 17.3 Å². The number of aryl methyl sites for hydroxylation is 1. The van der Waals surface area contributed by atoms with Crippen LogP contribution in [-0.2, 0) is 11.2 Å². The lowest BCUT2D eigenvalue weighted by molar-refractivity contribution is -0.122. The van der Waals surface area contributed by atoms with Gasteiger partial charge in [-0.05, 0) is 42.6 Å². The second-order valence-electron chi connectivity index (χ2n) is 4.88. The van der Waals surface area contributed by atoms with Crippen LogP contribution in [0.2, 0.25) is 5.22 Å². The number of nitrogens with one attached hydrogen (secondary N) is 1. The zero-order chi connectivity index (χ0) is 16.1. The SMILES string of the molecule is Cc1noc(Cl)c1CCC(=O)NC(CO)c1cccc(F)c1. The van der Waals surface area contributed by atoms with E-state index in [2.05, 4.69) is 10.5 Å². The summed E-state index contributed by atoms with van der Waals surface area (Å²) in [5.74, 6) is -0.697. The number of benzene rings is 1. The van der Waals surface area contributed by atoms with Crippen LogP contribution in [0.25, 0.3) is 0 Å². The van der Waals surface area contributed by atoms with Crippen LogP contribution >= 0.6 is 11.6 Å². The Morgan fingerprint density at radius 2 is 2.32 bits per heavy atom. The molecule has 0 saturated heterocycles. The molecule has 1 heterocycles. The quantitative estimate of drug-likeness (QED) is 0.855. The van der Waals surface area contributed by atoms with E-state index in [0.29, 0.717) is 23.2 Å². The molecule has 118 valence electrons. The zero-order valence-corrected chi connectivity index (χ0v) is 12.7. The first-order valence-corrected chi connectivity index (χ1v) is 7.15. The van der Waals surface area contributed by atoms with Gasteiger partial charge in [0.1, 0.15) is 5.82 Å². The van der Waals surface area contributed by atoms with Crippen molar-refractivity contribution >= 4 is 17.5 Å². The molecule has 2 rings (SSSR count). The zero-order valence-electron chi connectivity index (χ0n) is 12.0. The number of halogens is 2. The van der Waals surface area contributed by atoms with Crippen LogP contribution in [0.4, 0.5) is 4.39 Å². The average Bonchev–Trinajstić information content (AvgIpc) is 2.81. The Balaban J connectivity index is 1.95. The molecule has 7 heteroatoms. The molecule has 22 heavy (non-hydrogen) atoms. The van der Waals surface area contributed by atoms with Gasteiger partial charge in [0.15, 0.2) is 0 Å². The summed E-state index contributed by atoms with van der Waals surface area (Å²) in [6, 6.07) is 5.10. The molecule has 0 aliphatic rings. The van der Waals surface area contributed by atoms with Crippen molar-refractivity contribution in [2.75, 3.05) is 6.61 Å². The Labute approximate surface area is 132 Å². The highest BCUT2D eigenvalue weighted by atomic mass is 35.5. The lowest BCUT2D eigenvalue weighted by Crippen LogP contribution is -2.31. The fraction of sp³-hybridized carbons (Fsp3) is 0.333. The lowest BCUT2D eigenvalue weighted by Gasteiger charge is -2.16. The van der Waals surface area contributed by atoms with E-state index in [-0.39, 0.29) is 24.2 Å². The monoisotopic (exact) mass is 326 g/mol. The van der Waals surface area contributed by atoms with Gasteiger partial charge in [0, 0.05) is 12.0 Å². The number of carbonyl (C=O) groups excluding carboxylic acids is 1. The molecule has 1 amide bonds. The third-order valence-corrected chi connectivity index (χ3v) is 3.60. The van der Waals surface area contributed by atoms with Gasteiger partial charge in [-0.25, -0.2) is 4.39 Å². The summed E-state index contributed by atoms with van der Waals surface area (Å²) in [4.78, 5) is 12.0. The fourth-order valence-electron chi connectivity index (χ4n) is 2.10. The van der Waals surface area contributed by atoms with Crippen molar-refractivity contribution in [1.29, 1.82) is 0 Å². The van der Waals surface area contributed by atoms with E-state index in [1.165, 1.54) is 18.2 Å². The highest BCUT2D eigenvalue weighted by molar-refractivity contribution is 6.29. The molecule has 1 aromatic heterocycles. The van der Waals surface area contributed by atoms with Crippen molar-refractivity contribution in [2.45, 2.75) is 25.8 Å². The third kappa shape index (κ3) is 4.05. The molecule has 1 unspecified atom stereocenters. The Bertz CT molecular complexity index is 640. The Kier molecular flexibility index (Phi) is 5.51. The van der Waals surface area contributed by atoms with Crippen molar-refractivity contribution in [2.24, 2.45) is 0 Å². The summed E-state index contributed by atoms with van der Waals surface area (Å²) in [5.41, 5.74) is 1.83. The molecule has 2 N–H and O–H groups in total. The highest BCUT2D eigenvalue weighted by Crippen LogP contribution is 2.21. The van der Waals surface area contributed by atoms with E-state index < -0.39 is 11.9 Å². The minimum atomic E-state index is -0.651. The highest BCUT2D eigenvalue weighted by Gasteiger charge is 2.16. The normalized spacial score (nSPS) is 12.2. The number of carbonyl (C=O) groups is 1. The average molecular weight is 327 g/mol. The van der Waals surface area contributed by atoms with Crippen molar-refractivity contribution in [3.05, 3.63) is 52.1 Å². The summed E-state index contributed by atoms with van der Waals surface area (Å²) in [6.07, 6.45) is 0.537. The maximum atomic E-state index is 13.2. The van der Waals surface area contributed by atoms with Crippen LogP contribution in [0, 0.1) is 12.7 Å². The topological polar surface area (TPSA) is 75.4 Å². The number of aliphatic hydroxyl groups excluding tert-OH is 1. The molecule has 0 spiro atoms. The summed E-state index contributed by atoms with van der Waals surface area (Å²) in [7, 11) is 0. The number of hydrogen-bond acceptors (Lipinski definition) is 4. The molecule has 5 nitrogen and oxygen atoms in total. The van der Waals surface area contributed by atoms with Gasteiger partial charge in [-0.15, -0.1) is 0 Å². The van der Waals surface area contributed by atoms with E-state index in [4.69, 9.17) is 16.1 Å². The number of rotatable bonds is 6. The number of hydrogen-bond donors (Lipinski definition) is 2. The predicted octanol–water partition coefficient (Wildman–Crippen LogP) is 2.56. The Morgan fingerprint density at radius 3 is 2.91 bits per heavy atom. The summed E-state index contributed by atoms with van der Waals surface area (Å²) in [5, 5.41) is 15.9. The molecule has 0 aliphatic heterocycles. The van der Waals surface area contributed by atoms with Crippen molar-refractivity contribution in [1.82, 2.24) is 10.5 Å². The Morgan fingerprint density at radius 1 is 1.55 bits per heavy atom. The minimum absolute atomic E-state index is 0.160. The van der Waals surface area contributed by atoms with Crippen LogP contribution in [0.5, 0.6) is 0 Å². The summed E-state index contributed by atoms with van der Waals surface area (Å²) in [6.45, 7) is 1.42. The second kappa shape index (κ2) is 7.38. The van der Waals surface area contributed by atoms with Gasteiger partial charge in [0.25, 0.3) is 0 Å². The van der Waals surface area contributed by atoms with Gasteiger partial charge >= 0.3 is 0 Å². The first kappa shape index (κ1) is 16.5. The molecule has 1 atom stereocenters. The summed E-state index contributed by atoms with van der Waals surface area (Å²) >= 11 is 5.83. The van der Waals surface area contributed by atoms with Crippen LogP contribution in [-0.4, -0.2) is 22.8 Å². The second-order valence-corrected chi connectivity index (χ2v) is 5.22. The van der Waals surface area contributed by atoms with E-state index in [0.717, 1.165) is 0 Å².